The number of anilines is 1. The van der Waals surface area contributed by atoms with E-state index >= 15 is 0 Å². The lowest BCUT2D eigenvalue weighted by molar-refractivity contribution is -0.124. The Hall–Kier alpha value is -2.18. The van der Waals surface area contributed by atoms with E-state index in [1.807, 2.05) is 24.3 Å². The van der Waals surface area contributed by atoms with E-state index < -0.39 is 12.0 Å². The summed E-state index contributed by atoms with van der Waals surface area (Å²) in [5.41, 5.74) is 2.40. The lowest BCUT2D eigenvalue weighted by atomic mass is 9.99. The highest BCUT2D eigenvalue weighted by molar-refractivity contribution is 5.94. The Kier molecular flexibility index (Phi) is 5.50. The number of benzene rings is 1. The van der Waals surface area contributed by atoms with Gasteiger partial charge in [-0.3, -0.25) is 14.4 Å². The Labute approximate surface area is 148 Å². The van der Waals surface area contributed by atoms with Crippen LogP contribution in [0.5, 0.6) is 0 Å². The molecule has 1 aliphatic rings. The summed E-state index contributed by atoms with van der Waals surface area (Å²) in [6, 6.07) is 7.83. The molecule has 0 unspecified atom stereocenters. The lowest BCUT2D eigenvalue weighted by Crippen LogP contribution is -2.32. The van der Waals surface area contributed by atoms with Crippen molar-refractivity contribution >= 4 is 11.6 Å². The molecule has 1 amide bonds. The molecule has 0 saturated carbocycles. The van der Waals surface area contributed by atoms with Crippen LogP contribution in [0.4, 0.5) is 5.69 Å². The summed E-state index contributed by atoms with van der Waals surface area (Å²) in [6.45, 7) is 5.56. The van der Waals surface area contributed by atoms with Gasteiger partial charge in [-0.15, -0.1) is 0 Å². The number of aliphatic hydroxyl groups is 1. The van der Waals surface area contributed by atoms with Gasteiger partial charge < -0.3 is 10.4 Å². The number of carbonyl (C=O) groups excluding carboxylic acids is 1. The molecule has 0 bridgehead atoms. The molecule has 2 heterocycles. The smallest absolute Gasteiger partial charge is 0.257 e. The summed E-state index contributed by atoms with van der Waals surface area (Å²) in [5, 5.41) is 16.8. The number of hydrogen-bond donors (Lipinski definition) is 2. The zero-order valence-corrected chi connectivity index (χ0v) is 14.9. The number of carbonyl (C=O) groups is 1. The molecule has 1 fully saturated rings. The van der Waals surface area contributed by atoms with Gasteiger partial charge in [0.1, 0.15) is 0 Å². The van der Waals surface area contributed by atoms with E-state index in [0.717, 1.165) is 25.6 Å². The molecule has 6 heteroatoms. The van der Waals surface area contributed by atoms with E-state index in [1.54, 1.807) is 17.9 Å². The van der Waals surface area contributed by atoms with Crippen molar-refractivity contribution in [3.8, 4) is 0 Å². The molecule has 1 atom stereocenters. The Morgan fingerprint density at radius 2 is 2.00 bits per heavy atom. The van der Waals surface area contributed by atoms with Crippen LogP contribution in [-0.4, -0.2) is 38.8 Å². The number of hydrogen-bond acceptors (Lipinski definition) is 4. The van der Waals surface area contributed by atoms with Crippen LogP contribution in [0.1, 0.15) is 37.0 Å². The molecule has 1 aliphatic heterocycles. The van der Waals surface area contributed by atoms with E-state index in [1.165, 1.54) is 24.6 Å². The van der Waals surface area contributed by atoms with Gasteiger partial charge >= 0.3 is 0 Å². The Balaban J connectivity index is 1.54. The topological polar surface area (TPSA) is 70.4 Å². The summed E-state index contributed by atoms with van der Waals surface area (Å²) in [7, 11) is 1.75. The molecule has 1 aromatic heterocycles. The van der Waals surface area contributed by atoms with Crippen LogP contribution in [-0.2, 0) is 18.4 Å². The fourth-order valence-electron chi connectivity index (χ4n) is 3.12. The molecule has 0 spiro atoms. The molecule has 3 rings (SSSR count). The standard InChI is InChI=1S/C19H26N4O2/c1-14-7-9-23(10-8-14)12-15-3-5-17(6-4-15)21-19(25)18(24)16-11-20-22(2)13-16/h3-6,11,13-14,18,24H,7-10,12H2,1-2H3,(H,21,25)/t18-/m0/s1. The monoisotopic (exact) mass is 342 g/mol. The van der Waals surface area contributed by atoms with E-state index in [-0.39, 0.29) is 0 Å². The summed E-state index contributed by atoms with van der Waals surface area (Å²) in [4.78, 5) is 14.6. The van der Waals surface area contributed by atoms with E-state index in [0.29, 0.717) is 11.3 Å². The molecular weight excluding hydrogens is 316 g/mol. The van der Waals surface area contributed by atoms with E-state index in [4.69, 9.17) is 0 Å². The molecule has 2 N–H and O–H groups in total. The zero-order chi connectivity index (χ0) is 17.8. The van der Waals surface area contributed by atoms with Gasteiger partial charge in [-0.25, -0.2) is 0 Å². The van der Waals surface area contributed by atoms with Gasteiger partial charge in [0.25, 0.3) is 5.91 Å². The molecule has 1 aromatic carbocycles. The minimum atomic E-state index is -1.22. The zero-order valence-electron chi connectivity index (χ0n) is 14.9. The number of likely N-dealkylation sites (tertiary alicyclic amines) is 1. The number of nitrogens with one attached hydrogen (secondary N) is 1. The van der Waals surface area contributed by atoms with Crippen LogP contribution in [0.25, 0.3) is 0 Å². The highest BCUT2D eigenvalue weighted by Crippen LogP contribution is 2.20. The minimum Gasteiger partial charge on any atom is -0.378 e. The highest BCUT2D eigenvalue weighted by atomic mass is 16.3. The summed E-state index contributed by atoms with van der Waals surface area (Å²) in [5.74, 6) is 0.380. The fourth-order valence-corrected chi connectivity index (χ4v) is 3.12. The summed E-state index contributed by atoms with van der Waals surface area (Å²) in [6.07, 6.45) is 4.43. The first-order valence-corrected chi connectivity index (χ1v) is 8.80. The molecule has 0 aliphatic carbocycles. The van der Waals surface area contributed by atoms with Crippen LogP contribution < -0.4 is 5.32 Å². The van der Waals surface area contributed by atoms with Gasteiger partial charge in [-0.1, -0.05) is 19.1 Å². The Bertz CT molecular complexity index is 702. The predicted molar refractivity (Wildman–Crippen MR) is 96.9 cm³/mol. The predicted octanol–water partition coefficient (Wildman–Crippen LogP) is 2.32. The Morgan fingerprint density at radius 1 is 1.32 bits per heavy atom. The van der Waals surface area contributed by atoms with Crippen molar-refractivity contribution in [1.29, 1.82) is 0 Å². The van der Waals surface area contributed by atoms with E-state index in [2.05, 4.69) is 22.2 Å². The number of aryl methyl sites for hydroxylation is 1. The van der Waals surface area contributed by atoms with Gasteiger partial charge in [0.05, 0.1) is 6.20 Å². The number of nitrogens with zero attached hydrogens (tertiary/aromatic N) is 3. The van der Waals surface area contributed by atoms with E-state index in [9.17, 15) is 9.90 Å². The van der Waals surface area contributed by atoms with Gasteiger partial charge in [0, 0.05) is 31.0 Å². The maximum Gasteiger partial charge on any atom is 0.257 e. The van der Waals surface area contributed by atoms with Crippen molar-refractivity contribution in [2.24, 2.45) is 13.0 Å². The van der Waals surface area contributed by atoms with Crippen molar-refractivity contribution in [1.82, 2.24) is 14.7 Å². The number of aromatic nitrogens is 2. The first-order chi connectivity index (χ1) is 12.0. The maximum absolute atomic E-state index is 12.1. The number of piperidine rings is 1. The van der Waals surface area contributed by atoms with Crippen molar-refractivity contribution in [3.63, 3.8) is 0 Å². The molecule has 0 radical (unpaired) electrons. The van der Waals surface area contributed by atoms with Crippen LogP contribution in [0, 0.1) is 5.92 Å². The minimum absolute atomic E-state index is 0.453. The lowest BCUT2D eigenvalue weighted by Gasteiger charge is -2.30. The van der Waals surface area contributed by atoms with Crippen molar-refractivity contribution < 1.29 is 9.90 Å². The summed E-state index contributed by atoms with van der Waals surface area (Å²) < 4.78 is 1.56. The van der Waals surface area contributed by atoms with Gasteiger partial charge in [-0.2, -0.15) is 5.10 Å². The highest BCUT2D eigenvalue weighted by Gasteiger charge is 2.19. The maximum atomic E-state index is 12.1. The van der Waals surface area contributed by atoms with Crippen molar-refractivity contribution in [3.05, 3.63) is 47.8 Å². The molecule has 6 nitrogen and oxygen atoms in total. The average Bonchev–Trinajstić information content (AvgIpc) is 3.04. The third kappa shape index (κ3) is 4.67. The molecule has 134 valence electrons. The Morgan fingerprint density at radius 3 is 2.60 bits per heavy atom. The average molecular weight is 342 g/mol. The van der Waals surface area contributed by atoms with Gasteiger partial charge in [-0.05, 0) is 49.5 Å². The first kappa shape index (κ1) is 17.6. The second-order valence-electron chi connectivity index (χ2n) is 6.99. The fraction of sp³-hybridized carbons (Fsp3) is 0.474. The van der Waals surface area contributed by atoms with Crippen LogP contribution in [0.15, 0.2) is 36.7 Å². The third-order valence-electron chi connectivity index (χ3n) is 4.79. The van der Waals surface area contributed by atoms with Crippen LogP contribution in [0.3, 0.4) is 0 Å². The third-order valence-corrected chi connectivity index (χ3v) is 4.79. The van der Waals surface area contributed by atoms with Crippen LogP contribution in [0.2, 0.25) is 0 Å². The number of rotatable bonds is 5. The molecule has 25 heavy (non-hydrogen) atoms. The second-order valence-corrected chi connectivity index (χ2v) is 6.99. The molecule has 2 aromatic rings. The first-order valence-electron chi connectivity index (χ1n) is 8.80. The van der Waals surface area contributed by atoms with Crippen LogP contribution >= 0.6 is 0 Å². The second kappa shape index (κ2) is 7.80. The molecule has 1 saturated heterocycles. The van der Waals surface area contributed by atoms with Crippen molar-refractivity contribution in [2.75, 3.05) is 18.4 Å². The molecular formula is C19H26N4O2. The van der Waals surface area contributed by atoms with Gasteiger partial charge in [0.2, 0.25) is 0 Å². The SMILES string of the molecule is CC1CCN(Cc2ccc(NC(=O)[C@@H](O)c3cnn(C)c3)cc2)CC1. The van der Waals surface area contributed by atoms with Gasteiger partial charge in [0.15, 0.2) is 6.10 Å². The largest absolute Gasteiger partial charge is 0.378 e. The number of amides is 1. The normalized spacial score (nSPS) is 17.4. The quantitative estimate of drug-likeness (QED) is 0.875. The number of aliphatic hydroxyl groups excluding tert-OH is 1. The van der Waals surface area contributed by atoms with Crippen molar-refractivity contribution in [2.45, 2.75) is 32.4 Å². The summed E-state index contributed by atoms with van der Waals surface area (Å²) >= 11 is 0.